The third-order valence-corrected chi connectivity index (χ3v) is 7.03. The van der Waals surface area contributed by atoms with E-state index < -0.39 is 16.7 Å². The number of methoxy groups -OCH3 is 1. The van der Waals surface area contributed by atoms with E-state index in [-0.39, 0.29) is 12.4 Å². The molecule has 8 nitrogen and oxygen atoms in total. The number of thioether (sulfide) groups is 1. The lowest BCUT2D eigenvalue weighted by Gasteiger charge is -2.06. The predicted octanol–water partition coefficient (Wildman–Crippen LogP) is 2.87. The summed E-state index contributed by atoms with van der Waals surface area (Å²) >= 11 is 7.17. The van der Waals surface area contributed by atoms with Crippen molar-refractivity contribution in [2.45, 2.75) is 31.5 Å². The number of rotatable bonds is 10. The summed E-state index contributed by atoms with van der Waals surface area (Å²) in [4.78, 5) is 22.1. The first-order valence-electron chi connectivity index (χ1n) is 9.49. The molecule has 3 aromatic rings. The third-order valence-electron chi connectivity index (χ3n) is 4.33. The normalized spacial score (nSPS) is 12.4. The highest BCUT2D eigenvalue weighted by molar-refractivity contribution is 7.99. The number of nitrogen functional groups attached to an aromatic ring is 1. The van der Waals surface area contributed by atoms with Gasteiger partial charge >= 0.3 is 5.69 Å². The van der Waals surface area contributed by atoms with Crippen molar-refractivity contribution in [1.82, 2.24) is 18.5 Å². The molecule has 0 aliphatic heterocycles. The van der Waals surface area contributed by atoms with Gasteiger partial charge in [-0.15, -0.1) is 11.6 Å². The van der Waals surface area contributed by atoms with Gasteiger partial charge in [-0.3, -0.25) is 4.57 Å². The number of hydrogen-bond acceptors (Lipinski definition) is 7. The predicted molar refractivity (Wildman–Crippen MR) is 123 cm³/mol. The van der Waals surface area contributed by atoms with Crippen LogP contribution in [0.5, 0.6) is 5.75 Å². The van der Waals surface area contributed by atoms with Crippen molar-refractivity contribution < 1.29 is 8.95 Å². The summed E-state index contributed by atoms with van der Waals surface area (Å²) in [6, 6.07) is 7.40. The summed E-state index contributed by atoms with van der Waals surface area (Å²) in [7, 11) is 0.0401. The van der Waals surface area contributed by atoms with E-state index in [2.05, 4.69) is 9.97 Å². The van der Waals surface area contributed by atoms with Crippen LogP contribution in [0.3, 0.4) is 0 Å². The number of hydrogen-bond donors (Lipinski definition) is 1. The Morgan fingerprint density at radius 3 is 2.63 bits per heavy atom. The van der Waals surface area contributed by atoms with Crippen LogP contribution in [0.1, 0.15) is 25.3 Å². The molecule has 0 fully saturated rings. The highest BCUT2D eigenvalue weighted by Gasteiger charge is 2.22. The molecule has 0 amide bonds. The Bertz CT molecular complexity index is 1100. The highest BCUT2D eigenvalue weighted by Crippen LogP contribution is 2.24. The number of halogens is 1. The van der Waals surface area contributed by atoms with E-state index in [9.17, 15) is 9.00 Å². The van der Waals surface area contributed by atoms with Gasteiger partial charge in [0.25, 0.3) is 0 Å². The van der Waals surface area contributed by atoms with Gasteiger partial charge < -0.3 is 10.5 Å². The monoisotopic (exact) mass is 469 g/mol. The number of aromatic nitrogens is 4. The fourth-order valence-corrected chi connectivity index (χ4v) is 5.17. The van der Waals surface area contributed by atoms with Crippen LogP contribution < -0.4 is 16.2 Å². The Morgan fingerprint density at radius 1 is 1.27 bits per heavy atom. The van der Waals surface area contributed by atoms with E-state index in [1.54, 1.807) is 7.11 Å². The molecule has 162 valence electrons. The average Bonchev–Trinajstić information content (AvgIpc) is 3.01. The first-order chi connectivity index (χ1) is 14.5. The van der Waals surface area contributed by atoms with Crippen LogP contribution in [-0.4, -0.2) is 47.2 Å². The second-order valence-electron chi connectivity index (χ2n) is 6.49. The number of imidazole rings is 1. The van der Waals surface area contributed by atoms with Crippen molar-refractivity contribution in [2.75, 3.05) is 30.2 Å². The molecule has 2 aromatic heterocycles. The second-order valence-corrected chi connectivity index (χ2v) is 9.35. The number of ether oxygens (including phenoxy) is 1. The van der Waals surface area contributed by atoms with Gasteiger partial charge in [0.05, 0.1) is 13.7 Å². The van der Waals surface area contributed by atoms with Crippen LogP contribution in [-0.2, 0) is 17.5 Å². The summed E-state index contributed by atoms with van der Waals surface area (Å²) < 4.78 is 20.7. The van der Waals surface area contributed by atoms with Gasteiger partial charge in [0.15, 0.2) is 16.6 Å². The van der Waals surface area contributed by atoms with Crippen LogP contribution >= 0.6 is 23.4 Å². The van der Waals surface area contributed by atoms with Crippen LogP contribution in [0.2, 0.25) is 0 Å². The smallest absolute Gasteiger partial charge is 0.342 e. The lowest BCUT2D eigenvalue weighted by molar-refractivity contribution is 0.414. The Kier molecular flexibility index (Phi) is 7.79. The number of nitrogens with zero attached hydrogens (tertiary/aromatic N) is 4. The number of alkyl halides is 1. The molecule has 0 aliphatic carbocycles. The van der Waals surface area contributed by atoms with Crippen molar-refractivity contribution in [3.8, 4) is 5.75 Å². The quantitative estimate of drug-likeness (QED) is 0.210. The molecule has 0 aliphatic rings. The molecule has 0 saturated heterocycles. The van der Waals surface area contributed by atoms with E-state index in [1.807, 2.05) is 31.2 Å². The molecule has 11 heteroatoms. The highest BCUT2D eigenvalue weighted by atomic mass is 35.5. The zero-order valence-corrected chi connectivity index (χ0v) is 19.2. The molecule has 30 heavy (non-hydrogen) atoms. The molecule has 1 atom stereocenters. The van der Waals surface area contributed by atoms with Crippen molar-refractivity contribution in [3.05, 3.63) is 40.3 Å². The molecule has 0 saturated carbocycles. The SMILES string of the molecule is CCCS(=O)n1c(=O)n(Cc2ccc(OC)cc2)c2nc(SCCCCl)nc(N)c21. The van der Waals surface area contributed by atoms with Gasteiger partial charge in [0.1, 0.15) is 22.3 Å². The zero-order chi connectivity index (χ0) is 21.7. The summed E-state index contributed by atoms with van der Waals surface area (Å²) in [6.07, 6.45) is 1.46. The van der Waals surface area contributed by atoms with Gasteiger partial charge in [-0.2, -0.15) is 0 Å². The Balaban J connectivity index is 2.13. The molecular weight excluding hydrogens is 446 g/mol. The molecule has 1 unspecified atom stereocenters. The maximum atomic E-state index is 13.2. The topological polar surface area (TPSA) is 105 Å². The number of anilines is 1. The largest absolute Gasteiger partial charge is 0.497 e. The molecule has 2 N–H and O–H groups in total. The first-order valence-corrected chi connectivity index (χ1v) is 12.3. The average molecular weight is 470 g/mol. The van der Waals surface area contributed by atoms with Crippen LogP contribution in [0.4, 0.5) is 5.82 Å². The van der Waals surface area contributed by atoms with Crippen molar-refractivity contribution in [2.24, 2.45) is 0 Å². The minimum Gasteiger partial charge on any atom is -0.497 e. The zero-order valence-electron chi connectivity index (χ0n) is 16.8. The Hall–Kier alpha value is -2.04. The summed E-state index contributed by atoms with van der Waals surface area (Å²) in [5.74, 6) is 2.48. The lowest BCUT2D eigenvalue weighted by atomic mass is 10.2. The number of benzene rings is 1. The van der Waals surface area contributed by atoms with Gasteiger partial charge in [0.2, 0.25) is 0 Å². The van der Waals surface area contributed by atoms with E-state index in [4.69, 9.17) is 22.1 Å². The van der Waals surface area contributed by atoms with Gasteiger partial charge in [-0.25, -0.2) is 22.9 Å². The maximum absolute atomic E-state index is 13.2. The molecule has 2 heterocycles. The lowest BCUT2D eigenvalue weighted by Crippen LogP contribution is -2.28. The maximum Gasteiger partial charge on any atom is 0.342 e. The fourth-order valence-electron chi connectivity index (χ4n) is 2.91. The van der Waals surface area contributed by atoms with E-state index in [0.717, 1.165) is 23.5 Å². The van der Waals surface area contributed by atoms with Crippen LogP contribution in [0, 0.1) is 0 Å². The van der Waals surface area contributed by atoms with Crippen molar-refractivity contribution >= 4 is 51.3 Å². The van der Waals surface area contributed by atoms with Gasteiger partial charge in [0, 0.05) is 17.4 Å². The standard InChI is InChI=1S/C19H24ClN5O3S2/c1-3-11-30(27)25-15-16(21)22-18(29-10-4-9-20)23-17(15)24(19(25)26)12-13-5-7-14(28-2)8-6-13/h5-8H,3-4,9-12H2,1-2H3,(H2,21,22,23). The minimum absolute atomic E-state index is 0.142. The van der Waals surface area contributed by atoms with E-state index >= 15 is 0 Å². The Morgan fingerprint density at radius 2 is 2.00 bits per heavy atom. The fraction of sp³-hybridized carbons (Fsp3) is 0.421. The van der Waals surface area contributed by atoms with Crippen molar-refractivity contribution in [3.63, 3.8) is 0 Å². The summed E-state index contributed by atoms with van der Waals surface area (Å²) in [5, 5.41) is 0.465. The molecule has 0 bridgehead atoms. The van der Waals surface area contributed by atoms with Crippen LogP contribution in [0.15, 0.2) is 34.2 Å². The number of fused-ring (bicyclic) bond motifs is 1. The number of nitrogens with two attached hydrogens (primary N) is 1. The minimum atomic E-state index is -1.56. The molecule has 0 spiro atoms. The van der Waals surface area contributed by atoms with Crippen molar-refractivity contribution in [1.29, 1.82) is 0 Å². The Labute approximate surface area is 186 Å². The molecule has 0 radical (unpaired) electrons. The second kappa shape index (κ2) is 10.3. The van der Waals surface area contributed by atoms with E-state index in [0.29, 0.717) is 34.4 Å². The van der Waals surface area contributed by atoms with Gasteiger partial charge in [-0.05, 0) is 30.5 Å². The third kappa shape index (κ3) is 4.81. The molecule has 1 aromatic carbocycles. The van der Waals surface area contributed by atoms with Crippen LogP contribution in [0.25, 0.3) is 11.2 Å². The van der Waals surface area contributed by atoms with Gasteiger partial charge in [-0.1, -0.05) is 30.8 Å². The summed E-state index contributed by atoms with van der Waals surface area (Å²) in [5.41, 5.74) is 7.34. The summed E-state index contributed by atoms with van der Waals surface area (Å²) in [6.45, 7) is 2.17. The van der Waals surface area contributed by atoms with E-state index in [1.165, 1.54) is 20.3 Å². The molecule has 3 rings (SSSR count). The molecular formula is C19H24ClN5O3S2. The first kappa shape index (κ1) is 22.6.